The molecule has 0 radical (unpaired) electrons. The molecule has 0 atom stereocenters. The number of hydrogen-bond acceptors (Lipinski definition) is 3. The highest BCUT2D eigenvalue weighted by atomic mass is 19.1. The molecular formula is C15H21FN2O. The molecule has 1 aromatic carbocycles. The van der Waals surface area contributed by atoms with Crippen molar-refractivity contribution in [2.75, 3.05) is 39.8 Å². The largest absolute Gasteiger partial charge is 0.302 e. The predicted octanol–water partition coefficient (Wildman–Crippen LogP) is 2.04. The molecule has 0 bridgehead atoms. The maximum atomic E-state index is 13.5. The first-order chi connectivity index (χ1) is 9.16. The molecule has 0 spiro atoms. The number of hydrogen-bond donors (Lipinski definition) is 0. The molecule has 1 fully saturated rings. The number of likely N-dealkylation sites (tertiary alicyclic amines) is 1. The van der Waals surface area contributed by atoms with Crippen LogP contribution in [0.4, 0.5) is 4.39 Å². The third-order valence-electron chi connectivity index (χ3n) is 3.58. The van der Waals surface area contributed by atoms with Crippen molar-refractivity contribution < 1.29 is 9.18 Å². The first-order valence-electron chi connectivity index (χ1n) is 6.85. The van der Waals surface area contributed by atoms with E-state index in [2.05, 4.69) is 4.90 Å². The third-order valence-corrected chi connectivity index (χ3v) is 3.58. The van der Waals surface area contributed by atoms with Crippen LogP contribution in [0.1, 0.15) is 23.2 Å². The summed E-state index contributed by atoms with van der Waals surface area (Å²) in [5.41, 5.74) is 0.190. The van der Waals surface area contributed by atoms with Gasteiger partial charge in [-0.05, 0) is 45.1 Å². The average Bonchev–Trinajstić information content (AvgIpc) is 2.90. The molecule has 19 heavy (non-hydrogen) atoms. The molecule has 0 aliphatic carbocycles. The summed E-state index contributed by atoms with van der Waals surface area (Å²) < 4.78 is 13.5. The van der Waals surface area contributed by atoms with Crippen LogP contribution < -0.4 is 0 Å². The van der Waals surface area contributed by atoms with Gasteiger partial charge < -0.3 is 4.90 Å². The van der Waals surface area contributed by atoms with E-state index in [0.29, 0.717) is 0 Å². The molecule has 2 rings (SSSR count). The first kappa shape index (κ1) is 14.2. The van der Waals surface area contributed by atoms with Gasteiger partial charge in [-0.15, -0.1) is 0 Å². The standard InChI is InChI=1S/C15H21FN2O/c1-17(10-11-18-8-4-5-9-18)12-15(19)13-6-2-3-7-14(13)16/h2-3,6-7H,4-5,8-12H2,1H3. The van der Waals surface area contributed by atoms with E-state index in [1.165, 1.54) is 18.9 Å². The lowest BCUT2D eigenvalue weighted by molar-refractivity contribution is 0.0937. The summed E-state index contributed by atoms with van der Waals surface area (Å²) in [5.74, 6) is -0.581. The number of benzene rings is 1. The second-order valence-corrected chi connectivity index (χ2v) is 5.19. The van der Waals surface area contributed by atoms with Crippen LogP contribution in [0, 0.1) is 5.82 Å². The van der Waals surface area contributed by atoms with Crippen molar-refractivity contribution in [2.24, 2.45) is 0 Å². The number of carbonyl (C=O) groups excluding carboxylic acids is 1. The maximum absolute atomic E-state index is 13.5. The van der Waals surface area contributed by atoms with Gasteiger partial charge >= 0.3 is 0 Å². The Balaban J connectivity index is 1.79. The zero-order chi connectivity index (χ0) is 13.7. The van der Waals surface area contributed by atoms with E-state index >= 15 is 0 Å². The normalized spacial score (nSPS) is 16.2. The van der Waals surface area contributed by atoms with Gasteiger partial charge in [0.25, 0.3) is 0 Å². The number of nitrogens with zero attached hydrogens (tertiary/aromatic N) is 2. The van der Waals surface area contributed by atoms with E-state index in [1.54, 1.807) is 18.2 Å². The van der Waals surface area contributed by atoms with Crippen molar-refractivity contribution >= 4 is 5.78 Å². The highest BCUT2D eigenvalue weighted by molar-refractivity contribution is 5.97. The zero-order valence-electron chi connectivity index (χ0n) is 11.4. The third kappa shape index (κ3) is 4.11. The number of carbonyl (C=O) groups is 1. The van der Waals surface area contributed by atoms with Gasteiger partial charge in [-0.2, -0.15) is 0 Å². The smallest absolute Gasteiger partial charge is 0.179 e. The summed E-state index contributed by atoms with van der Waals surface area (Å²) in [5, 5.41) is 0. The van der Waals surface area contributed by atoms with Crippen molar-refractivity contribution in [2.45, 2.75) is 12.8 Å². The molecule has 0 unspecified atom stereocenters. The van der Waals surface area contributed by atoms with Crippen LogP contribution in [-0.2, 0) is 0 Å². The van der Waals surface area contributed by atoms with Gasteiger partial charge in [0.2, 0.25) is 0 Å². The van der Waals surface area contributed by atoms with Gasteiger partial charge in [0.15, 0.2) is 5.78 Å². The highest BCUT2D eigenvalue weighted by Gasteiger charge is 2.15. The van der Waals surface area contributed by atoms with E-state index in [4.69, 9.17) is 0 Å². The fraction of sp³-hybridized carbons (Fsp3) is 0.533. The molecular weight excluding hydrogens is 243 g/mol. The van der Waals surface area contributed by atoms with E-state index in [0.717, 1.165) is 26.2 Å². The lowest BCUT2D eigenvalue weighted by Gasteiger charge is -2.20. The molecule has 0 N–H and O–H groups in total. The van der Waals surface area contributed by atoms with Crippen molar-refractivity contribution in [3.63, 3.8) is 0 Å². The Labute approximate surface area is 114 Å². The number of Topliss-reactive ketones (excluding diaryl/α,β-unsaturated/α-hetero) is 1. The zero-order valence-corrected chi connectivity index (χ0v) is 11.4. The van der Waals surface area contributed by atoms with Crippen molar-refractivity contribution in [3.05, 3.63) is 35.6 Å². The topological polar surface area (TPSA) is 23.6 Å². The van der Waals surface area contributed by atoms with Crippen LogP contribution in [0.3, 0.4) is 0 Å². The average molecular weight is 264 g/mol. The Hall–Kier alpha value is -1.26. The van der Waals surface area contributed by atoms with Gasteiger partial charge in [0.1, 0.15) is 5.82 Å². The summed E-state index contributed by atoms with van der Waals surface area (Å²) in [6.45, 7) is 4.43. The summed E-state index contributed by atoms with van der Waals surface area (Å²) in [6, 6.07) is 6.17. The minimum absolute atomic E-state index is 0.151. The highest BCUT2D eigenvalue weighted by Crippen LogP contribution is 2.09. The van der Waals surface area contributed by atoms with Crippen LogP contribution in [0.5, 0.6) is 0 Å². The summed E-state index contributed by atoms with van der Waals surface area (Å²) in [6.07, 6.45) is 2.55. The van der Waals surface area contributed by atoms with E-state index < -0.39 is 5.82 Å². The summed E-state index contributed by atoms with van der Waals surface area (Å²) in [7, 11) is 1.91. The minimum Gasteiger partial charge on any atom is -0.302 e. The maximum Gasteiger partial charge on any atom is 0.179 e. The molecule has 1 saturated heterocycles. The molecule has 1 aromatic rings. The molecule has 1 heterocycles. The lowest BCUT2D eigenvalue weighted by atomic mass is 10.1. The van der Waals surface area contributed by atoms with Gasteiger partial charge in [0.05, 0.1) is 12.1 Å². The molecule has 1 aliphatic heterocycles. The lowest BCUT2D eigenvalue weighted by Crippen LogP contribution is -2.34. The van der Waals surface area contributed by atoms with Crippen LogP contribution in [0.25, 0.3) is 0 Å². The van der Waals surface area contributed by atoms with Crippen LogP contribution in [0.2, 0.25) is 0 Å². The van der Waals surface area contributed by atoms with Gasteiger partial charge in [-0.25, -0.2) is 4.39 Å². The molecule has 0 saturated carbocycles. The van der Waals surface area contributed by atoms with Crippen LogP contribution in [-0.4, -0.2) is 55.4 Å². The van der Waals surface area contributed by atoms with E-state index in [-0.39, 0.29) is 17.9 Å². The molecule has 3 nitrogen and oxygen atoms in total. The first-order valence-corrected chi connectivity index (χ1v) is 6.85. The molecule has 0 amide bonds. The molecule has 1 aliphatic rings. The van der Waals surface area contributed by atoms with Crippen LogP contribution >= 0.6 is 0 Å². The van der Waals surface area contributed by atoms with E-state index in [9.17, 15) is 9.18 Å². The van der Waals surface area contributed by atoms with Gasteiger partial charge in [-0.3, -0.25) is 9.69 Å². The Morgan fingerprint density at radius 3 is 2.68 bits per heavy atom. The van der Waals surface area contributed by atoms with Gasteiger partial charge in [0, 0.05) is 13.1 Å². The SMILES string of the molecule is CN(CCN1CCCC1)CC(=O)c1ccccc1F. The minimum atomic E-state index is -0.430. The number of ketones is 1. The van der Waals surface area contributed by atoms with E-state index in [1.807, 2.05) is 11.9 Å². The van der Waals surface area contributed by atoms with Crippen LogP contribution in [0.15, 0.2) is 24.3 Å². The second kappa shape index (κ2) is 6.78. The number of rotatable bonds is 6. The fourth-order valence-electron chi connectivity index (χ4n) is 2.42. The number of halogens is 1. The second-order valence-electron chi connectivity index (χ2n) is 5.19. The molecule has 4 heteroatoms. The molecule has 104 valence electrons. The Kier molecular flexibility index (Phi) is 5.05. The van der Waals surface area contributed by atoms with Gasteiger partial charge in [-0.1, -0.05) is 12.1 Å². The van der Waals surface area contributed by atoms with Crippen molar-refractivity contribution in [1.82, 2.24) is 9.80 Å². The Bertz CT molecular complexity index is 430. The predicted molar refractivity (Wildman–Crippen MR) is 73.9 cm³/mol. The monoisotopic (exact) mass is 264 g/mol. The summed E-state index contributed by atoms with van der Waals surface area (Å²) >= 11 is 0. The Morgan fingerprint density at radius 1 is 1.32 bits per heavy atom. The van der Waals surface area contributed by atoms with Crippen molar-refractivity contribution in [3.8, 4) is 0 Å². The quantitative estimate of drug-likeness (QED) is 0.735. The Morgan fingerprint density at radius 2 is 2.00 bits per heavy atom. The fourth-order valence-corrected chi connectivity index (χ4v) is 2.42. The summed E-state index contributed by atoms with van der Waals surface area (Å²) in [4.78, 5) is 16.3. The molecule has 0 aromatic heterocycles. The number of likely N-dealkylation sites (N-methyl/N-ethyl adjacent to an activating group) is 1. The van der Waals surface area contributed by atoms with Crippen molar-refractivity contribution in [1.29, 1.82) is 0 Å².